The largest absolute Gasteiger partial charge is 0.195 e. The SMILES string of the molecule is CC(C)(C)c1ccc(N=C=S)cc1C(C)(C)C. The average Bonchev–Trinajstić information content (AvgIpc) is 2.15. The predicted octanol–water partition coefficient (Wildman–Crippen LogP) is 5.02. The van der Waals surface area contributed by atoms with E-state index in [4.69, 9.17) is 0 Å². The van der Waals surface area contributed by atoms with Crippen LogP contribution in [-0.2, 0) is 10.8 Å². The summed E-state index contributed by atoms with van der Waals surface area (Å²) in [6.45, 7) is 13.4. The van der Waals surface area contributed by atoms with Crippen molar-refractivity contribution < 1.29 is 0 Å². The maximum absolute atomic E-state index is 4.66. The number of hydrogen-bond donors (Lipinski definition) is 0. The Morgan fingerprint density at radius 1 is 0.941 bits per heavy atom. The van der Waals surface area contributed by atoms with Crippen LogP contribution in [0.5, 0.6) is 0 Å². The third-order valence-electron chi connectivity index (χ3n) is 2.79. The van der Waals surface area contributed by atoms with Crippen LogP contribution in [0, 0.1) is 0 Å². The number of hydrogen-bond acceptors (Lipinski definition) is 2. The first-order valence-electron chi connectivity index (χ1n) is 5.89. The van der Waals surface area contributed by atoms with Crippen molar-refractivity contribution in [3.05, 3.63) is 29.3 Å². The summed E-state index contributed by atoms with van der Waals surface area (Å²) in [5.74, 6) is 0. The van der Waals surface area contributed by atoms with Gasteiger partial charge in [0.25, 0.3) is 0 Å². The molecule has 92 valence electrons. The molecule has 0 spiro atoms. The van der Waals surface area contributed by atoms with E-state index in [1.165, 1.54) is 11.1 Å². The maximum Gasteiger partial charge on any atom is 0.0742 e. The topological polar surface area (TPSA) is 12.4 Å². The van der Waals surface area contributed by atoms with Gasteiger partial charge in [-0.15, -0.1) is 0 Å². The van der Waals surface area contributed by atoms with E-state index in [0.717, 1.165) is 5.69 Å². The standard InChI is InChI=1S/C15H21NS/c1-14(2,3)12-8-7-11(16-10-17)9-13(12)15(4,5)6/h7-9H,1-6H3. The van der Waals surface area contributed by atoms with Crippen LogP contribution in [0.2, 0.25) is 0 Å². The fourth-order valence-corrected chi connectivity index (χ4v) is 2.03. The normalized spacial score (nSPS) is 12.1. The van der Waals surface area contributed by atoms with Gasteiger partial charge < -0.3 is 0 Å². The molecule has 0 atom stereocenters. The van der Waals surface area contributed by atoms with Crippen molar-refractivity contribution in [3.63, 3.8) is 0 Å². The summed E-state index contributed by atoms with van der Waals surface area (Å²) >= 11 is 4.66. The number of benzene rings is 1. The third-order valence-corrected chi connectivity index (χ3v) is 2.89. The fourth-order valence-electron chi connectivity index (χ4n) is 1.93. The molecule has 1 aromatic carbocycles. The highest BCUT2D eigenvalue weighted by atomic mass is 32.1. The van der Waals surface area contributed by atoms with E-state index in [2.05, 4.69) is 76.0 Å². The van der Waals surface area contributed by atoms with Gasteiger partial charge in [0.1, 0.15) is 0 Å². The van der Waals surface area contributed by atoms with Crippen LogP contribution in [0.15, 0.2) is 23.2 Å². The summed E-state index contributed by atoms with van der Waals surface area (Å²) in [5, 5.41) is 2.43. The molecule has 0 heterocycles. The molecule has 0 N–H and O–H groups in total. The molecule has 0 saturated carbocycles. The van der Waals surface area contributed by atoms with Crippen LogP contribution >= 0.6 is 12.2 Å². The van der Waals surface area contributed by atoms with Crippen molar-refractivity contribution in [3.8, 4) is 0 Å². The van der Waals surface area contributed by atoms with E-state index in [1.807, 2.05) is 6.07 Å². The molecular weight excluding hydrogens is 226 g/mol. The molecule has 2 heteroatoms. The highest BCUT2D eigenvalue weighted by Crippen LogP contribution is 2.35. The highest BCUT2D eigenvalue weighted by molar-refractivity contribution is 7.78. The summed E-state index contributed by atoms with van der Waals surface area (Å²) in [7, 11) is 0. The van der Waals surface area contributed by atoms with Gasteiger partial charge in [-0.2, -0.15) is 4.99 Å². The molecule has 0 unspecified atom stereocenters. The minimum absolute atomic E-state index is 0.107. The molecule has 0 aromatic heterocycles. The van der Waals surface area contributed by atoms with Crippen molar-refractivity contribution >= 4 is 23.1 Å². The second-order valence-electron chi connectivity index (χ2n) is 6.43. The Morgan fingerprint density at radius 2 is 1.47 bits per heavy atom. The molecule has 1 nitrogen and oxygen atoms in total. The van der Waals surface area contributed by atoms with Gasteiger partial charge in [0.15, 0.2) is 0 Å². The molecule has 0 aliphatic carbocycles. The smallest absolute Gasteiger partial charge is 0.0742 e. The van der Waals surface area contributed by atoms with Gasteiger partial charge >= 0.3 is 0 Å². The summed E-state index contributed by atoms with van der Waals surface area (Å²) in [4.78, 5) is 4.07. The molecule has 1 rings (SSSR count). The minimum Gasteiger partial charge on any atom is -0.195 e. The maximum atomic E-state index is 4.66. The van der Waals surface area contributed by atoms with Crippen molar-refractivity contribution in [2.45, 2.75) is 52.4 Å². The van der Waals surface area contributed by atoms with Gasteiger partial charge in [0, 0.05) is 0 Å². The highest BCUT2D eigenvalue weighted by Gasteiger charge is 2.25. The Labute approximate surface area is 110 Å². The summed E-state index contributed by atoms with van der Waals surface area (Å²) < 4.78 is 0. The molecule has 0 radical (unpaired) electrons. The number of aliphatic imine (C=N–C) groups is 1. The Hall–Kier alpha value is -0.980. The van der Waals surface area contributed by atoms with Gasteiger partial charge in [-0.3, -0.25) is 0 Å². The lowest BCUT2D eigenvalue weighted by Gasteiger charge is -2.30. The van der Waals surface area contributed by atoms with Crippen molar-refractivity contribution in [2.75, 3.05) is 0 Å². The summed E-state index contributed by atoms with van der Waals surface area (Å²) in [5.41, 5.74) is 3.83. The first-order valence-corrected chi connectivity index (χ1v) is 6.30. The summed E-state index contributed by atoms with van der Waals surface area (Å²) in [6, 6.07) is 6.29. The van der Waals surface area contributed by atoms with Gasteiger partial charge in [0.05, 0.1) is 10.8 Å². The zero-order valence-corrected chi connectivity index (χ0v) is 12.4. The molecule has 0 aliphatic rings. The van der Waals surface area contributed by atoms with E-state index in [9.17, 15) is 0 Å². The quantitative estimate of drug-likeness (QED) is 0.501. The molecule has 0 amide bonds. The number of thiocarbonyl (C=S) groups is 1. The van der Waals surface area contributed by atoms with Gasteiger partial charge in [0.2, 0.25) is 0 Å². The van der Waals surface area contributed by atoms with Crippen LogP contribution in [0.4, 0.5) is 5.69 Å². The van der Waals surface area contributed by atoms with Crippen molar-refractivity contribution in [2.24, 2.45) is 4.99 Å². The Kier molecular flexibility index (Phi) is 3.91. The average molecular weight is 247 g/mol. The first-order chi connectivity index (χ1) is 7.66. The second kappa shape index (κ2) is 4.72. The molecule has 0 bridgehead atoms. The van der Waals surface area contributed by atoms with Crippen LogP contribution < -0.4 is 0 Å². The van der Waals surface area contributed by atoms with Crippen molar-refractivity contribution in [1.82, 2.24) is 0 Å². The Bertz CT molecular complexity index is 455. The zero-order chi connectivity index (χ0) is 13.3. The van der Waals surface area contributed by atoms with Crippen LogP contribution in [0.3, 0.4) is 0 Å². The number of nitrogens with zero attached hydrogens (tertiary/aromatic N) is 1. The lowest BCUT2D eigenvalue weighted by Crippen LogP contribution is -2.21. The number of rotatable bonds is 1. The molecule has 0 aliphatic heterocycles. The van der Waals surface area contributed by atoms with Crippen LogP contribution in [0.1, 0.15) is 52.7 Å². The second-order valence-corrected chi connectivity index (χ2v) is 6.62. The lowest BCUT2D eigenvalue weighted by molar-refractivity contribution is 0.530. The predicted molar refractivity (Wildman–Crippen MR) is 78.5 cm³/mol. The molecule has 0 saturated heterocycles. The van der Waals surface area contributed by atoms with E-state index in [-0.39, 0.29) is 10.8 Å². The molecule has 1 aromatic rings. The van der Waals surface area contributed by atoms with E-state index in [0.29, 0.717) is 0 Å². The van der Waals surface area contributed by atoms with Crippen LogP contribution in [0.25, 0.3) is 0 Å². The van der Waals surface area contributed by atoms with Gasteiger partial charge in [-0.1, -0.05) is 47.6 Å². The monoisotopic (exact) mass is 247 g/mol. The van der Waals surface area contributed by atoms with Crippen molar-refractivity contribution in [1.29, 1.82) is 0 Å². The Balaban J connectivity index is 3.48. The van der Waals surface area contributed by atoms with E-state index >= 15 is 0 Å². The van der Waals surface area contributed by atoms with Gasteiger partial charge in [-0.25, -0.2) is 0 Å². The Morgan fingerprint density at radius 3 is 1.88 bits per heavy atom. The fraction of sp³-hybridized carbons (Fsp3) is 0.533. The van der Waals surface area contributed by atoms with E-state index < -0.39 is 0 Å². The number of isothiocyanates is 1. The third kappa shape index (κ3) is 3.49. The first kappa shape index (κ1) is 14.1. The minimum atomic E-state index is 0.107. The van der Waals surface area contributed by atoms with E-state index in [1.54, 1.807) is 0 Å². The lowest BCUT2D eigenvalue weighted by atomic mass is 9.75. The van der Waals surface area contributed by atoms with Gasteiger partial charge in [-0.05, 0) is 46.3 Å². The molecule has 17 heavy (non-hydrogen) atoms. The zero-order valence-electron chi connectivity index (χ0n) is 11.6. The molecule has 0 fully saturated rings. The summed E-state index contributed by atoms with van der Waals surface area (Å²) in [6.07, 6.45) is 0. The van der Waals surface area contributed by atoms with Crippen LogP contribution in [-0.4, -0.2) is 5.16 Å². The molecular formula is C15H21NS.